The molecule has 0 aliphatic carbocycles. The van der Waals surface area contributed by atoms with Crippen molar-refractivity contribution in [2.75, 3.05) is 7.05 Å². The van der Waals surface area contributed by atoms with Gasteiger partial charge in [-0.15, -0.1) is 0 Å². The second-order valence-electron chi connectivity index (χ2n) is 7.72. The predicted molar refractivity (Wildman–Crippen MR) is 109 cm³/mol. The number of carboxylic acid groups (broad SMARTS) is 1. The number of amides is 1. The molecule has 154 valence electrons. The predicted octanol–water partition coefficient (Wildman–Crippen LogP) is 6.18. The van der Waals surface area contributed by atoms with Crippen molar-refractivity contribution in [3.63, 3.8) is 0 Å². The molecule has 0 fully saturated rings. The second kappa shape index (κ2) is 17.4. The Morgan fingerprint density at radius 1 is 0.731 bits per heavy atom. The molecule has 0 aromatic carbocycles. The fourth-order valence-electron chi connectivity index (χ4n) is 3.21. The molecule has 0 spiro atoms. The molecular formula is C22H43NO3. The van der Waals surface area contributed by atoms with E-state index in [1.807, 2.05) is 0 Å². The molecule has 0 saturated heterocycles. The third kappa shape index (κ3) is 14.1. The molecule has 1 atom stereocenters. The van der Waals surface area contributed by atoms with E-state index in [9.17, 15) is 9.59 Å². The Bertz CT molecular complexity index is 357. The lowest BCUT2D eigenvalue weighted by atomic mass is 10.0. The highest BCUT2D eigenvalue weighted by Crippen LogP contribution is 2.14. The van der Waals surface area contributed by atoms with Crippen molar-refractivity contribution in [3.8, 4) is 0 Å². The molecular weight excluding hydrogens is 326 g/mol. The zero-order valence-electron chi connectivity index (χ0n) is 17.6. The van der Waals surface area contributed by atoms with E-state index in [0.29, 0.717) is 6.42 Å². The van der Waals surface area contributed by atoms with Gasteiger partial charge >= 0.3 is 5.97 Å². The minimum Gasteiger partial charge on any atom is -0.480 e. The minimum atomic E-state index is -0.947. The Balaban J connectivity index is 3.31. The zero-order chi connectivity index (χ0) is 19.6. The number of carboxylic acids is 1. The van der Waals surface area contributed by atoms with Gasteiger partial charge in [-0.05, 0) is 13.3 Å². The van der Waals surface area contributed by atoms with Crippen LogP contribution in [0.2, 0.25) is 0 Å². The van der Waals surface area contributed by atoms with Gasteiger partial charge in [0.25, 0.3) is 0 Å². The van der Waals surface area contributed by atoms with E-state index in [2.05, 4.69) is 6.92 Å². The molecule has 0 bridgehead atoms. The summed E-state index contributed by atoms with van der Waals surface area (Å²) in [4.78, 5) is 24.1. The summed E-state index contributed by atoms with van der Waals surface area (Å²) in [5, 5.41) is 8.91. The first-order valence-corrected chi connectivity index (χ1v) is 11.0. The number of hydrogen-bond acceptors (Lipinski definition) is 2. The van der Waals surface area contributed by atoms with Gasteiger partial charge in [0.05, 0.1) is 0 Å². The summed E-state index contributed by atoms with van der Waals surface area (Å²) in [6.07, 6.45) is 20.0. The van der Waals surface area contributed by atoms with Gasteiger partial charge in [0.15, 0.2) is 0 Å². The normalized spacial score (nSPS) is 12.1. The Hall–Kier alpha value is -1.06. The number of unbranched alkanes of at least 4 members (excludes halogenated alkanes) is 14. The molecule has 26 heavy (non-hydrogen) atoms. The highest BCUT2D eigenvalue weighted by Gasteiger charge is 2.20. The van der Waals surface area contributed by atoms with E-state index in [0.717, 1.165) is 12.8 Å². The van der Waals surface area contributed by atoms with Crippen LogP contribution in [0, 0.1) is 0 Å². The molecule has 0 rings (SSSR count). The number of carbonyl (C=O) groups excluding carboxylic acids is 1. The summed E-state index contributed by atoms with van der Waals surface area (Å²) >= 11 is 0. The van der Waals surface area contributed by atoms with Crippen molar-refractivity contribution in [2.45, 2.75) is 123 Å². The van der Waals surface area contributed by atoms with Gasteiger partial charge in [-0.25, -0.2) is 4.79 Å². The Kier molecular flexibility index (Phi) is 16.7. The van der Waals surface area contributed by atoms with E-state index < -0.39 is 12.0 Å². The highest BCUT2D eigenvalue weighted by atomic mass is 16.4. The van der Waals surface area contributed by atoms with Crippen LogP contribution in [0.25, 0.3) is 0 Å². The summed E-state index contributed by atoms with van der Waals surface area (Å²) in [5.74, 6) is -1.01. The summed E-state index contributed by atoms with van der Waals surface area (Å²) in [6.45, 7) is 3.81. The molecule has 1 unspecified atom stereocenters. The van der Waals surface area contributed by atoms with Gasteiger partial charge in [0.2, 0.25) is 5.91 Å². The number of hydrogen-bond donors (Lipinski definition) is 1. The van der Waals surface area contributed by atoms with Crippen molar-refractivity contribution in [3.05, 3.63) is 0 Å². The first-order valence-electron chi connectivity index (χ1n) is 11.0. The number of carbonyl (C=O) groups is 2. The molecule has 0 aliphatic heterocycles. The largest absolute Gasteiger partial charge is 0.480 e. The second-order valence-corrected chi connectivity index (χ2v) is 7.72. The lowest BCUT2D eigenvalue weighted by molar-refractivity contribution is -0.148. The third-order valence-corrected chi connectivity index (χ3v) is 5.33. The zero-order valence-corrected chi connectivity index (χ0v) is 17.6. The summed E-state index contributed by atoms with van der Waals surface area (Å²) < 4.78 is 0. The van der Waals surface area contributed by atoms with Crippen LogP contribution in [-0.2, 0) is 9.59 Å². The molecule has 0 aromatic rings. The minimum absolute atomic E-state index is 0.0606. The van der Waals surface area contributed by atoms with Gasteiger partial charge in [0.1, 0.15) is 6.04 Å². The van der Waals surface area contributed by atoms with Gasteiger partial charge in [-0.1, -0.05) is 96.8 Å². The Morgan fingerprint density at radius 3 is 1.42 bits per heavy atom. The van der Waals surface area contributed by atoms with Crippen LogP contribution in [0.15, 0.2) is 0 Å². The number of nitrogens with zero attached hydrogens (tertiary/aromatic N) is 1. The number of aliphatic carboxylic acids is 1. The lowest BCUT2D eigenvalue weighted by Gasteiger charge is -2.21. The molecule has 4 nitrogen and oxygen atoms in total. The Morgan fingerprint density at radius 2 is 1.08 bits per heavy atom. The molecule has 0 heterocycles. The van der Waals surface area contributed by atoms with E-state index in [4.69, 9.17) is 5.11 Å². The third-order valence-electron chi connectivity index (χ3n) is 5.33. The molecule has 4 heteroatoms. The van der Waals surface area contributed by atoms with Gasteiger partial charge in [0, 0.05) is 13.5 Å². The maximum Gasteiger partial charge on any atom is 0.326 e. The number of rotatable bonds is 18. The van der Waals surface area contributed by atoms with Crippen LogP contribution >= 0.6 is 0 Å². The van der Waals surface area contributed by atoms with Crippen molar-refractivity contribution in [2.24, 2.45) is 0 Å². The van der Waals surface area contributed by atoms with Gasteiger partial charge in [-0.3, -0.25) is 4.79 Å². The molecule has 0 aliphatic rings. The molecule has 1 amide bonds. The topological polar surface area (TPSA) is 57.6 Å². The van der Waals surface area contributed by atoms with Crippen molar-refractivity contribution in [1.82, 2.24) is 4.90 Å². The van der Waals surface area contributed by atoms with Crippen LogP contribution in [0.4, 0.5) is 0 Å². The van der Waals surface area contributed by atoms with Crippen LogP contribution in [0.1, 0.15) is 117 Å². The van der Waals surface area contributed by atoms with Crippen LogP contribution < -0.4 is 0 Å². The maximum atomic E-state index is 11.9. The summed E-state index contributed by atoms with van der Waals surface area (Å²) in [7, 11) is 1.58. The van der Waals surface area contributed by atoms with E-state index in [-0.39, 0.29) is 5.91 Å². The molecule has 0 radical (unpaired) electrons. The average Bonchev–Trinajstić information content (AvgIpc) is 2.63. The summed E-state index contributed by atoms with van der Waals surface area (Å²) in [6, 6.07) is -0.737. The first-order chi connectivity index (χ1) is 12.5. The standard InChI is InChI=1S/C22H43NO3/c1-4-5-6-7-8-9-10-11-12-13-14-15-16-17-18-19-21(24)23(3)20(2)22(25)26/h20H,4-19H2,1-3H3,(H,25,26). The molecule has 1 N–H and O–H groups in total. The maximum absolute atomic E-state index is 11.9. The lowest BCUT2D eigenvalue weighted by Crippen LogP contribution is -2.40. The molecule has 0 aromatic heterocycles. The fourth-order valence-corrected chi connectivity index (χ4v) is 3.21. The smallest absolute Gasteiger partial charge is 0.326 e. The average molecular weight is 370 g/mol. The number of likely N-dealkylation sites (N-methyl/N-ethyl adjacent to an activating group) is 1. The fraction of sp³-hybridized carbons (Fsp3) is 0.909. The van der Waals surface area contributed by atoms with Gasteiger partial charge in [-0.2, -0.15) is 0 Å². The van der Waals surface area contributed by atoms with E-state index in [1.165, 1.54) is 88.4 Å². The van der Waals surface area contributed by atoms with E-state index in [1.54, 1.807) is 14.0 Å². The van der Waals surface area contributed by atoms with Gasteiger partial charge < -0.3 is 10.0 Å². The SMILES string of the molecule is CCCCCCCCCCCCCCCCCC(=O)N(C)C(C)C(=O)O. The summed E-state index contributed by atoms with van der Waals surface area (Å²) in [5.41, 5.74) is 0. The quantitative estimate of drug-likeness (QED) is 0.293. The van der Waals surface area contributed by atoms with Crippen LogP contribution in [0.5, 0.6) is 0 Å². The Labute approximate surface area is 161 Å². The van der Waals surface area contributed by atoms with Crippen molar-refractivity contribution >= 4 is 11.9 Å². The first kappa shape index (κ1) is 24.9. The monoisotopic (exact) mass is 369 g/mol. The van der Waals surface area contributed by atoms with Crippen LogP contribution in [-0.4, -0.2) is 35.0 Å². The molecule has 0 saturated carbocycles. The van der Waals surface area contributed by atoms with Crippen molar-refractivity contribution < 1.29 is 14.7 Å². The van der Waals surface area contributed by atoms with E-state index >= 15 is 0 Å². The van der Waals surface area contributed by atoms with Crippen molar-refractivity contribution in [1.29, 1.82) is 0 Å². The highest BCUT2D eigenvalue weighted by molar-refractivity contribution is 5.83. The van der Waals surface area contributed by atoms with Crippen LogP contribution in [0.3, 0.4) is 0 Å².